The molecule has 114 valence electrons. The predicted octanol–water partition coefficient (Wildman–Crippen LogP) is 4.60. The molecule has 0 spiro atoms. The van der Waals surface area contributed by atoms with E-state index in [9.17, 15) is 14.0 Å². The summed E-state index contributed by atoms with van der Waals surface area (Å²) in [5, 5.41) is 9.27. The highest BCUT2D eigenvalue weighted by atomic mass is 19.1. The fraction of sp³-hybridized carbons (Fsp3) is 0.278. The van der Waals surface area contributed by atoms with Crippen LogP contribution in [0.1, 0.15) is 30.9 Å². The van der Waals surface area contributed by atoms with E-state index in [2.05, 4.69) is 6.07 Å². The molecule has 2 aromatic rings. The van der Waals surface area contributed by atoms with Gasteiger partial charge in [-0.1, -0.05) is 18.2 Å². The van der Waals surface area contributed by atoms with Gasteiger partial charge in [0.2, 0.25) is 0 Å². The van der Waals surface area contributed by atoms with Gasteiger partial charge in [-0.25, -0.2) is 8.78 Å². The molecule has 0 aliphatic heterocycles. The third-order valence-corrected chi connectivity index (χ3v) is 3.23. The second kappa shape index (κ2) is 7.04. The summed E-state index contributed by atoms with van der Waals surface area (Å²) >= 11 is 0. The number of hydrogen-bond acceptors (Lipinski definition) is 2. The minimum absolute atomic E-state index is 0.0889. The molecule has 2 nitrogen and oxygen atoms in total. The number of rotatable bonds is 5. The molecule has 0 saturated heterocycles. The van der Waals surface area contributed by atoms with Crippen LogP contribution in [-0.4, -0.2) is 6.10 Å². The van der Waals surface area contributed by atoms with Crippen LogP contribution in [0.5, 0.6) is 5.75 Å². The van der Waals surface area contributed by atoms with E-state index in [0.29, 0.717) is 6.42 Å². The standard InChI is InChI=1S/C18H17F2NO/c1-12(2)22-16-6-3-13(4-7-16)9-14(11-21)17-8-5-15(19)10-18(17)20/h3-8,10,12,14H,9H2,1-2H3. The van der Waals surface area contributed by atoms with E-state index in [1.807, 2.05) is 38.1 Å². The molecule has 1 atom stereocenters. The minimum Gasteiger partial charge on any atom is -0.491 e. The zero-order valence-corrected chi connectivity index (χ0v) is 12.5. The first-order valence-electron chi connectivity index (χ1n) is 7.09. The highest BCUT2D eigenvalue weighted by Crippen LogP contribution is 2.25. The summed E-state index contributed by atoms with van der Waals surface area (Å²) in [7, 11) is 0. The largest absolute Gasteiger partial charge is 0.491 e. The maximum Gasteiger partial charge on any atom is 0.130 e. The van der Waals surface area contributed by atoms with Crippen LogP contribution in [0.15, 0.2) is 42.5 Å². The number of benzene rings is 2. The zero-order chi connectivity index (χ0) is 16.1. The number of ether oxygens (including phenoxy) is 1. The number of halogens is 2. The van der Waals surface area contributed by atoms with Gasteiger partial charge in [0.1, 0.15) is 17.4 Å². The lowest BCUT2D eigenvalue weighted by molar-refractivity contribution is 0.242. The van der Waals surface area contributed by atoms with Crippen molar-refractivity contribution >= 4 is 0 Å². The first-order valence-corrected chi connectivity index (χ1v) is 7.09. The molecular formula is C18H17F2NO. The lowest BCUT2D eigenvalue weighted by atomic mass is 9.93. The second-order valence-corrected chi connectivity index (χ2v) is 5.36. The highest BCUT2D eigenvalue weighted by Gasteiger charge is 2.16. The molecule has 0 amide bonds. The van der Waals surface area contributed by atoms with Crippen LogP contribution in [0.25, 0.3) is 0 Å². The Bertz CT molecular complexity index is 674. The fourth-order valence-electron chi connectivity index (χ4n) is 2.22. The molecule has 2 aromatic carbocycles. The van der Waals surface area contributed by atoms with Gasteiger partial charge in [0, 0.05) is 11.6 Å². The maximum atomic E-state index is 13.8. The molecule has 0 N–H and O–H groups in total. The maximum absolute atomic E-state index is 13.8. The Morgan fingerprint density at radius 3 is 2.32 bits per heavy atom. The van der Waals surface area contributed by atoms with Gasteiger partial charge in [-0.05, 0) is 44.0 Å². The van der Waals surface area contributed by atoms with Gasteiger partial charge in [0.25, 0.3) is 0 Å². The first kappa shape index (κ1) is 16.0. The number of nitriles is 1. The van der Waals surface area contributed by atoms with E-state index < -0.39 is 17.6 Å². The van der Waals surface area contributed by atoms with E-state index in [4.69, 9.17) is 4.74 Å². The molecule has 0 fully saturated rings. The molecule has 0 aliphatic carbocycles. The Hall–Kier alpha value is -2.41. The van der Waals surface area contributed by atoms with Crippen LogP contribution in [0.4, 0.5) is 8.78 Å². The van der Waals surface area contributed by atoms with Gasteiger partial charge in [0.05, 0.1) is 18.1 Å². The van der Waals surface area contributed by atoms with E-state index in [-0.39, 0.29) is 11.7 Å². The molecule has 22 heavy (non-hydrogen) atoms. The average Bonchev–Trinajstić information content (AvgIpc) is 2.46. The minimum atomic E-state index is -0.689. The smallest absolute Gasteiger partial charge is 0.130 e. The summed E-state index contributed by atoms with van der Waals surface area (Å²) in [5.74, 6) is -1.24. The van der Waals surface area contributed by atoms with E-state index in [0.717, 1.165) is 17.4 Å². The molecule has 1 unspecified atom stereocenters. The van der Waals surface area contributed by atoms with Crippen LogP contribution < -0.4 is 4.74 Å². The zero-order valence-electron chi connectivity index (χ0n) is 12.5. The molecule has 2 rings (SSSR count). The first-order chi connectivity index (χ1) is 10.5. The quantitative estimate of drug-likeness (QED) is 0.808. The molecule has 0 heterocycles. The van der Waals surface area contributed by atoms with Crippen molar-refractivity contribution in [3.05, 3.63) is 65.2 Å². The van der Waals surface area contributed by atoms with Crippen molar-refractivity contribution in [1.82, 2.24) is 0 Å². The lowest BCUT2D eigenvalue weighted by Gasteiger charge is -2.13. The summed E-state index contributed by atoms with van der Waals surface area (Å²) in [6, 6.07) is 12.7. The molecule has 0 aliphatic rings. The van der Waals surface area contributed by atoms with Gasteiger partial charge in [-0.15, -0.1) is 0 Å². The second-order valence-electron chi connectivity index (χ2n) is 5.36. The van der Waals surface area contributed by atoms with Crippen molar-refractivity contribution < 1.29 is 13.5 Å². The monoisotopic (exact) mass is 301 g/mol. The summed E-state index contributed by atoms with van der Waals surface area (Å²) < 4.78 is 32.3. The van der Waals surface area contributed by atoms with Crippen molar-refractivity contribution in [3.63, 3.8) is 0 Å². The summed E-state index contributed by atoms with van der Waals surface area (Å²) in [4.78, 5) is 0. The van der Waals surface area contributed by atoms with E-state index in [1.165, 1.54) is 12.1 Å². The van der Waals surface area contributed by atoms with Crippen LogP contribution in [0, 0.1) is 23.0 Å². The predicted molar refractivity (Wildman–Crippen MR) is 80.6 cm³/mol. The average molecular weight is 301 g/mol. The van der Waals surface area contributed by atoms with Gasteiger partial charge < -0.3 is 4.74 Å². The Morgan fingerprint density at radius 1 is 1.09 bits per heavy atom. The SMILES string of the molecule is CC(C)Oc1ccc(CC(C#N)c2ccc(F)cc2F)cc1. The van der Waals surface area contributed by atoms with Crippen molar-refractivity contribution in [2.24, 2.45) is 0 Å². The van der Waals surface area contributed by atoms with Crippen LogP contribution in [-0.2, 0) is 6.42 Å². The Labute approximate surface area is 129 Å². The van der Waals surface area contributed by atoms with Gasteiger partial charge in [0.15, 0.2) is 0 Å². The molecular weight excluding hydrogens is 284 g/mol. The van der Waals surface area contributed by atoms with Crippen molar-refractivity contribution in [1.29, 1.82) is 5.26 Å². The normalized spacial score (nSPS) is 12.0. The van der Waals surface area contributed by atoms with Gasteiger partial charge in [-0.2, -0.15) is 5.26 Å². The van der Waals surface area contributed by atoms with E-state index >= 15 is 0 Å². The fourth-order valence-corrected chi connectivity index (χ4v) is 2.22. The van der Waals surface area contributed by atoms with Crippen LogP contribution in [0.3, 0.4) is 0 Å². The van der Waals surface area contributed by atoms with Crippen molar-refractivity contribution in [2.45, 2.75) is 32.3 Å². The van der Waals surface area contributed by atoms with Crippen LogP contribution in [0.2, 0.25) is 0 Å². The summed E-state index contributed by atoms with van der Waals surface area (Å²) in [6.07, 6.45) is 0.451. The van der Waals surface area contributed by atoms with E-state index in [1.54, 1.807) is 0 Å². The van der Waals surface area contributed by atoms with Gasteiger partial charge in [-0.3, -0.25) is 0 Å². The Morgan fingerprint density at radius 2 is 1.77 bits per heavy atom. The van der Waals surface area contributed by atoms with Crippen molar-refractivity contribution in [2.75, 3.05) is 0 Å². The summed E-state index contributed by atoms with van der Waals surface area (Å²) in [5.41, 5.74) is 1.11. The third kappa shape index (κ3) is 4.05. The third-order valence-electron chi connectivity index (χ3n) is 3.23. The van der Waals surface area contributed by atoms with Crippen LogP contribution >= 0.6 is 0 Å². The molecule has 4 heteroatoms. The lowest BCUT2D eigenvalue weighted by Crippen LogP contribution is -2.06. The molecule has 0 bridgehead atoms. The number of hydrogen-bond donors (Lipinski definition) is 0. The van der Waals surface area contributed by atoms with Gasteiger partial charge >= 0.3 is 0 Å². The molecule has 0 radical (unpaired) electrons. The van der Waals surface area contributed by atoms with Crippen molar-refractivity contribution in [3.8, 4) is 11.8 Å². The molecule has 0 saturated carbocycles. The topological polar surface area (TPSA) is 33.0 Å². The molecule has 0 aromatic heterocycles. The Balaban J connectivity index is 2.15. The number of nitrogens with zero attached hydrogens (tertiary/aromatic N) is 1. The summed E-state index contributed by atoms with van der Waals surface area (Å²) in [6.45, 7) is 3.88. The Kier molecular flexibility index (Phi) is 5.11. The highest BCUT2D eigenvalue weighted by molar-refractivity contribution is 5.33.